The average Bonchev–Trinajstić information content (AvgIpc) is 2.81. The van der Waals surface area contributed by atoms with Crippen molar-refractivity contribution in [3.8, 4) is 0 Å². The van der Waals surface area contributed by atoms with Crippen LogP contribution in [0.15, 0.2) is 11.2 Å². The second kappa shape index (κ2) is 5.89. The van der Waals surface area contributed by atoms with Crippen LogP contribution >= 0.6 is 23.4 Å². The maximum Gasteiger partial charge on any atom is 0.190 e. The minimum atomic E-state index is 0.505. The summed E-state index contributed by atoms with van der Waals surface area (Å²) in [5.74, 6) is 0.892. The summed E-state index contributed by atoms with van der Waals surface area (Å²) in [5.41, 5.74) is 0. The predicted molar refractivity (Wildman–Crippen MR) is 73.1 cm³/mol. The third-order valence-corrected chi connectivity index (χ3v) is 3.63. The van der Waals surface area contributed by atoms with E-state index in [9.17, 15) is 0 Å². The maximum atomic E-state index is 5.98. The van der Waals surface area contributed by atoms with Crippen molar-refractivity contribution < 1.29 is 0 Å². The summed E-state index contributed by atoms with van der Waals surface area (Å²) >= 11 is 7.49. The van der Waals surface area contributed by atoms with Crippen molar-refractivity contribution in [2.45, 2.75) is 24.0 Å². The summed E-state index contributed by atoms with van der Waals surface area (Å²) in [6.07, 6.45) is 4.45. The highest BCUT2D eigenvalue weighted by atomic mass is 35.5. The van der Waals surface area contributed by atoms with Crippen molar-refractivity contribution in [3.05, 3.63) is 11.2 Å². The number of halogens is 1. The van der Waals surface area contributed by atoms with Gasteiger partial charge < -0.3 is 10.2 Å². The molecule has 1 aromatic rings. The molecular weight excluding hydrogens is 256 g/mol. The maximum absolute atomic E-state index is 5.98. The molecule has 0 saturated carbocycles. The molecule has 6 heteroatoms. The minimum absolute atomic E-state index is 0.505. The molecule has 4 nitrogen and oxygen atoms in total. The van der Waals surface area contributed by atoms with E-state index in [0.29, 0.717) is 11.2 Å². The zero-order chi connectivity index (χ0) is 12.3. The average molecular weight is 273 g/mol. The van der Waals surface area contributed by atoms with Crippen molar-refractivity contribution in [1.82, 2.24) is 15.3 Å². The van der Waals surface area contributed by atoms with Gasteiger partial charge >= 0.3 is 0 Å². The lowest BCUT2D eigenvalue weighted by Gasteiger charge is -2.22. The molecule has 2 rings (SSSR count). The van der Waals surface area contributed by atoms with E-state index in [1.807, 2.05) is 19.4 Å². The fourth-order valence-electron chi connectivity index (χ4n) is 2.01. The van der Waals surface area contributed by atoms with Gasteiger partial charge in [-0.1, -0.05) is 23.4 Å². The molecule has 0 spiro atoms. The van der Waals surface area contributed by atoms with E-state index in [1.165, 1.54) is 24.6 Å². The lowest BCUT2D eigenvalue weighted by atomic mass is 10.2. The largest absolute Gasteiger partial charge is 0.358 e. The van der Waals surface area contributed by atoms with Crippen LogP contribution in [0.5, 0.6) is 0 Å². The first-order chi connectivity index (χ1) is 8.19. The summed E-state index contributed by atoms with van der Waals surface area (Å²) in [4.78, 5) is 10.7. The molecule has 1 fully saturated rings. The second-order valence-corrected chi connectivity index (χ2v) is 5.37. The van der Waals surface area contributed by atoms with Crippen molar-refractivity contribution in [3.63, 3.8) is 0 Å². The van der Waals surface area contributed by atoms with Gasteiger partial charge in [-0.15, -0.1) is 0 Å². The van der Waals surface area contributed by atoms with Crippen LogP contribution in [-0.4, -0.2) is 42.4 Å². The Morgan fingerprint density at radius 3 is 3.06 bits per heavy atom. The fourth-order valence-corrected chi connectivity index (χ4v) is 2.61. The number of nitrogens with zero attached hydrogens (tertiary/aromatic N) is 3. The Morgan fingerprint density at radius 2 is 2.41 bits per heavy atom. The predicted octanol–water partition coefficient (Wildman–Crippen LogP) is 2.04. The second-order valence-electron chi connectivity index (χ2n) is 4.21. The Morgan fingerprint density at radius 1 is 1.59 bits per heavy atom. The van der Waals surface area contributed by atoms with E-state index in [2.05, 4.69) is 20.2 Å². The molecule has 1 aromatic heterocycles. The van der Waals surface area contributed by atoms with Crippen LogP contribution in [-0.2, 0) is 0 Å². The van der Waals surface area contributed by atoms with Crippen molar-refractivity contribution in [2.75, 3.05) is 31.3 Å². The molecule has 1 atom stereocenters. The monoisotopic (exact) mass is 272 g/mol. The van der Waals surface area contributed by atoms with Crippen LogP contribution < -0.4 is 10.2 Å². The first-order valence-corrected chi connectivity index (χ1v) is 7.32. The van der Waals surface area contributed by atoms with Crippen LogP contribution in [0.1, 0.15) is 12.8 Å². The number of hydrogen-bond acceptors (Lipinski definition) is 5. The van der Waals surface area contributed by atoms with Gasteiger partial charge in [-0.2, -0.15) is 0 Å². The first-order valence-electron chi connectivity index (χ1n) is 5.72. The van der Waals surface area contributed by atoms with Crippen molar-refractivity contribution >= 4 is 29.2 Å². The molecule has 1 aliphatic rings. The third-order valence-electron chi connectivity index (χ3n) is 2.89. The molecular formula is C11H17ClN4S. The normalized spacial score (nSPS) is 19.6. The highest BCUT2D eigenvalue weighted by Crippen LogP contribution is 2.20. The number of thioether (sulfide) groups is 1. The van der Waals surface area contributed by atoms with Gasteiger partial charge in [0.25, 0.3) is 0 Å². The smallest absolute Gasteiger partial charge is 0.190 e. The van der Waals surface area contributed by atoms with Crippen molar-refractivity contribution in [2.24, 2.45) is 0 Å². The zero-order valence-corrected chi connectivity index (χ0v) is 11.7. The molecule has 1 saturated heterocycles. The molecule has 94 valence electrons. The molecule has 0 radical (unpaired) electrons. The van der Waals surface area contributed by atoms with Crippen LogP contribution in [0, 0.1) is 0 Å². The van der Waals surface area contributed by atoms with E-state index >= 15 is 0 Å². The van der Waals surface area contributed by atoms with Gasteiger partial charge in [-0.05, 0) is 25.6 Å². The Kier molecular flexibility index (Phi) is 4.48. The molecule has 1 N–H and O–H groups in total. The SMILES string of the molecule is CSc1nc(Cl)cc(N(C)C[C@@H]2CCCN2)n1. The van der Waals surface area contributed by atoms with E-state index < -0.39 is 0 Å². The molecule has 0 amide bonds. The molecule has 1 aliphatic heterocycles. The molecule has 0 aromatic carbocycles. The van der Waals surface area contributed by atoms with Gasteiger partial charge in [-0.3, -0.25) is 0 Å². The standard InChI is InChI=1S/C11H17ClN4S/c1-16(7-8-4-3-5-13-8)10-6-9(12)14-11(15-10)17-2/h6,8,13H,3-5,7H2,1-2H3/t8-/m0/s1. The number of rotatable bonds is 4. The molecule has 2 heterocycles. The van der Waals surface area contributed by atoms with Crippen LogP contribution in [0.2, 0.25) is 5.15 Å². The Hall–Kier alpha value is -0.520. The van der Waals surface area contributed by atoms with Crippen molar-refractivity contribution in [1.29, 1.82) is 0 Å². The third kappa shape index (κ3) is 3.47. The fraction of sp³-hybridized carbons (Fsp3) is 0.636. The van der Waals surface area contributed by atoms with Gasteiger partial charge in [0.2, 0.25) is 0 Å². The molecule has 17 heavy (non-hydrogen) atoms. The van der Waals surface area contributed by atoms with E-state index in [4.69, 9.17) is 11.6 Å². The quantitative estimate of drug-likeness (QED) is 0.516. The van der Waals surface area contributed by atoms with Gasteiger partial charge in [0.1, 0.15) is 11.0 Å². The highest BCUT2D eigenvalue weighted by Gasteiger charge is 2.17. The Balaban J connectivity index is 2.06. The van der Waals surface area contributed by atoms with E-state index in [-0.39, 0.29) is 0 Å². The van der Waals surface area contributed by atoms with E-state index in [0.717, 1.165) is 24.1 Å². The highest BCUT2D eigenvalue weighted by molar-refractivity contribution is 7.98. The molecule has 0 aliphatic carbocycles. The van der Waals surface area contributed by atoms with Gasteiger partial charge in [0.15, 0.2) is 5.16 Å². The Bertz CT molecular complexity index is 382. The summed E-state index contributed by atoms with van der Waals surface area (Å²) in [7, 11) is 2.04. The Labute approximate surface area is 111 Å². The molecule has 0 unspecified atom stereocenters. The molecule has 0 bridgehead atoms. The van der Waals surface area contributed by atoms with Gasteiger partial charge in [-0.25, -0.2) is 9.97 Å². The lowest BCUT2D eigenvalue weighted by molar-refractivity contribution is 0.596. The first kappa shape index (κ1) is 12.9. The van der Waals surface area contributed by atoms with E-state index in [1.54, 1.807) is 0 Å². The summed E-state index contributed by atoms with van der Waals surface area (Å²) < 4.78 is 0. The van der Waals surface area contributed by atoms with Crippen LogP contribution in [0.25, 0.3) is 0 Å². The number of aromatic nitrogens is 2. The number of anilines is 1. The number of likely N-dealkylation sites (N-methyl/N-ethyl adjacent to an activating group) is 1. The van der Waals surface area contributed by atoms with Crippen LogP contribution in [0.4, 0.5) is 5.82 Å². The lowest BCUT2D eigenvalue weighted by Crippen LogP contribution is -2.35. The van der Waals surface area contributed by atoms with Gasteiger partial charge in [0.05, 0.1) is 0 Å². The summed E-state index contributed by atoms with van der Waals surface area (Å²) in [6, 6.07) is 2.38. The van der Waals surface area contributed by atoms with Gasteiger partial charge in [0, 0.05) is 25.7 Å². The summed E-state index contributed by atoms with van der Waals surface area (Å²) in [5, 5.41) is 4.70. The minimum Gasteiger partial charge on any atom is -0.358 e. The number of hydrogen-bond donors (Lipinski definition) is 1. The zero-order valence-electron chi connectivity index (χ0n) is 10.1. The number of nitrogens with one attached hydrogen (secondary N) is 1. The summed E-state index contributed by atoms with van der Waals surface area (Å²) in [6.45, 7) is 2.08. The topological polar surface area (TPSA) is 41.1 Å². The van der Waals surface area contributed by atoms with Crippen LogP contribution in [0.3, 0.4) is 0 Å².